The van der Waals surface area contributed by atoms with E-state index in [2.05, 4.69) is 0 Å². The number of hydrogen-bond donors (Lipinski definition) is 2. The van der Waals surface area contributed by atoms with E-state index in [9.17, 15) is 22.7 Å². The summed E-state index contributed by atoms with van der Waals surface area (Å²) in [6.07, 6.45) is -5.72. The molecule has 19 heavy (non-hydrogen) atoms. The topological polar surface area (TPSA) is 46.2 Å². The van der Waals surface area contributed by atoms with Crippen LogP contribution in [0, 0.1) is 11.2 Å². The molecule has 0 radical (unpaired) electrons. The van der Waals surface area contributed by atoms with Gasteiger partial charge in [-0.05, 0) is 24.1 Å². The van der Waals surface area contributed by atoms with Gasteiger partial charge in [-0.25, -0.2) is 4.39 Å². The number of aliphatic hydroxyl groups excluding tert-OH is 1. The van der Waals surface area contributed by atoms with Crippen LogP contribution in [0.3, 0.4) is 0 Å². The number of aliphatic hydroxyl groups is 1. The van der Waals surface area contributed by atoms with Crippen LogP contribution in [0.25, 0.3) is 0 Å². The third-order valence-electron chi connectivity index (χ3n) is 3.55. The predicted molar refractivity (Wildman–Crippen MR) is 63.8 cm³/mol. The number of nitrogens with two attached hydrogens (primary N) is 1. The molecule has 0 saturated carbocycles. The summed E-state index contributed by atoms with van der Waals surface area (Å²) in [4.78, 5) is 0. The molecule has 0 heterocycles. The molecular weight excluding hydrogens is 262 g/mol. The zero-order chi connectivity index (χ0) is 14.8. The minimum absolute atomic E-state index is 0.0271. The maximum absolute atomic E-state index is 13.0. The second-order valence-electron chi connectivity index (χ2n) is 4.84. The SMILES string of the molecule is CCC(C)(CN)C(O)c1ccc(F)cc1C(F)(F)F. The molecule has 2 atom stereocenters. The largest absolute Gasteiger partial charge is 0.416 e. The maximum atomic E-state index is 13.0. The van der Waals surface area contributed by atoms with E-state index in [4.69, 9.17) is 5.73 Å². The van der Waals surface area contributed by atoms with Gasteiger partial charge in [-0.15, -0.1) is 0 Å². The summed E-state index contributed by atoms with van der Waals surface area (Å²) in [6, 6.07) is 2.26. The van der Waals surface area contributed by atoms with Crippen LogP contribution in [-0.2, 0) is 6.18 Å². The van der Waals surface area contributed by atoms with Crippen molar-refractivity contribution in [2.45, 2.75) is 32.5 Å². The first-order chi connectivity index (χ1) is 8.65. The molecule has 2 unspecified atom stereocenters. The van der Waals surface area contributed by atoms with Crippen LogP contribution < -0.4 is 5.73 Å². The van der Waals surface area contributed by atoms with Crippen molar-refractivity contribution in [2.24, 2.45) is 11.1 Å². The van der Waals surface area contributed by atoms with E-state index in [1.807, 2.05) is 0 Å². The summed E-state index contributed by atoms with van der Waals surface area (Å²) >= 11 is 0. The van der Waals surface area contributed by atoms with Gasteiger partial charge >= 0.3 is 6.18 Å². The first-order valence-corrected chi connectivity index (χ1v) is 5.90. The number of halogens is 4. The summed E-state index contributed by atoms with van der Waals surface area (Å²) in [7, 11) is 0. The average Bonchev–Trinajstić information content (AvgIpc) is 2.36. The van der Waals surface area contributed by atoms with Crippen LogP contribution in [0.5, 0.6) is 0 Å². The monoisotopic (exact) mass is 279 g/mol. The molecule has 1 aromatic carbocycles. The van der Waals surface area contributed by atoms with Gasteiger partial charge in [0.05, 0.1) is 11.7 Å². The van der Waals surface area contributed by atoms with Gasteiger partial charge in [0.25, 0.3) is 0 Å². The van der Waals surface area contributed by atoms with Gasteiger partial charge in [0.15, 0.2) is 0 Å². The zero-order valence-electron chi connectivity index (χ0n) is 10.8. The Morgan fingerprint density at radius 3 is 2.32 bits per heavy atom. The van der Waals surface area contributed by atoms with Gasteiger partial charge in [-0.2, -0.15) is 13.2 Å². The lowest BCUT2D eigenvalue weighted by molar-refractivity contribution is -0.140. The fourth-order valence-corrected chi connectivity index (χ4v) is 1.84. The molecule has 2 nitrogen and oxygen atoms in total. The molecule has 3 N–H and O–H groups in total. The van der Waals surface area contributed by atoms with Gasteiger partial charge in [0.2, 0.25) is 0 Å². The molecule has 0 amide bonds. The Bertz CT molecular complexity index is 441. The fraction of sp³-hybridized carbons (Fsp3) is 0.538. The first-order valence-electron chi connectivity index (χ1n) is 5.90. The van der Waals surface area contributed by atoms with Crippen molar-refractivity contribution in [3.63, 3.8) is 0 Å². The molecule has 6 heteroatoms. The van der Waals surface area contributed by atoms with E-state index in [1.54, 1.807) is 13.8 Å². The molecule has 1 aromatic rings. The van der Waals surface area contributed by atoms with Crippen LogP contribution in [-0.4, -0.2) is 11.7 Å². The van der Waals surface area contributed by atoms with Crippen LogP contribution in [0.15, 0.2) is 18.2 Å². The summed E-state index contributed by atoms with van der Waals surface area (Å²) < 4.78 is 51.6. The smallest absolute Gasteiger partial charge is 0.388 e. The van der Waals surface area contributed by atoms with Gasteiger partial charge in [-0.3, -0.25) is 0 Å². The lowest BCUT2D eigenvalue weighted by atomic mass is 9.77. The quantitative estimate of drug-likeness (QED) is 0.831. The zero-order valence-corrected chi connectivity index (χ0v) is 10.8. The molecule has 0 aliphatic carbocycles. The highest BCUT2D eigenvalue weighted by Gasteiger charge is 2.40. The van der Waals surface area contributed by atoms with E-state index >= 15 is 0 Å². The number of benzene rings is 1. The molecule has 0 saturated heterocycles. The Hall–Kier alpha value is -1.14. The van der Waals surface area contributed by atoms with E-state index in [-0.39, 0.29) is 12.1 Å². The Kier molecular flexibility index (Phi) is 4.58. The second kappa shape index (κ2) is 5.46. The standard InChI is InChI=1S/C13H17F4NO/c1-3-12(2,7-18)11(19)9-5-4-8(14)6-10(9)13(15,16)17/h4-6,11,19H,3,7,18H2,1-2H3. The Morgan fingerprint density at radius 2 is 1.89 bits per heavy atom. The highest BCUT2D eigenvalue weighted by atomic mass is 19.4. The van der Waals surface area contributed by atoms with Gasteiger partial charge in [0, 0.05) is 12.0 Å². The Labute approximate surface area is 109 Å². The van der Waals surface area contributed by atoms with Gasteiger partial charge in [0.1, 0.15) is 5.82 Å². The van der Waals surface area contributed by atoms with E-state index < -0.39 is 29.1 Å². The molecule has 0 aliphatic rings. The van der Waals surface area contributed by atoms with E-state index in [1.165, 1.54) is 0 Å². The third kappa shape index (κ3) is 3.25. The molecule has 0 aliphatic heterocycles. The summed E-state index contributed by atoms with van der Waals surface area (Å²) in [5.41, 5.74) is 3.14. The maximum Gasteiger partial charge on any atom is 0.416 e. The highest BCUT2D eigenvalue weighted by Crippen LogP contribution is 2.42. The summed E-state index contributed by atoms with van der Waals surface area (Å²) in [5.74, 6) is -0.991. The van der Waals surface area contributed by atoms with Crippen molar-refractivity contribution < 1.29 is 22.7 Å². The molecule has 0 spiro atoms. The van der Waals surface area contributed by atoms with Crippen molar-refractivity contribution >= 4 is 0 Å². The van der Waals surface area contributed by atoms with Crippen LogP contribution >= 0.6 is 0 Å². The van der Waals surface area contributed by atoms with E-state index in [0.29, 0.717) is 12.5 Å². The first kappa shape index (κ1) is 15.9. The third-order valence-corrected chi connectivity index (χ3v) is 3.55. The number of alkyl halides is 3. The summed E-state index contributed by atoms with van der Waals surface area (Å²) in [6.45, 7) is 3.35. The Balaban J connectivity index is 3.35. The average molecular weight is 279 g/mol. The van der Waals surface area contributed by atoms with Crippen LogP contribution in [0.2, 0.25) is 0 Å². The molecule has 1 rings (SSSR count). The predicted octanol–water partition coefficient (Wildman–Crippen LogP) is 3.25. The fourth-order valence-electron chi connectivity index (χ4n) is 1.84. The molecule has 108 valence electrons. The minimum atomic E-state index is -4.72. The molecule has 0 fully saturated rings. The van der Waals surface area contributed by atoms with Crippen LogP contribution in [0.1, 0.15) is 37.5 Å². The van der Waals surface area contributed by atoms with Gasteiger partial charge < -0.3 is 10.8 Å². The highest BCUT2D eigenvalue weighted by molar-refractivity contribution is 5.33. The Morgan fingerprint density at radius 1 is 1.32 bits per heavy atom. The van der Waals surface area contributed by atoms with Crippen molar-refractivity contribution in [2.75, 3.05) is 6.54 Å². The van der Waals surface area contributed by atoms with Crippen molar-refractivity contribution in [1.29, 1.82) is 0 Å². The van der Waals surface area contributed by atoms with Gasteiger partial charge in [-0.1, -0.05) is 19.9 Å². The molecule has 0 bridgehead atoms. The van der Waals surface area contributed by atoms with Crippen molar-refractivity contribution in [3.8, 4) is 0 Å². The molecule has 0 aromatic heterocycles. The lowest BCUT2D eigenvalue weighted by Crippen LogP contribution is -2.34. The normalized spacial score (nSPS) is 17.1. The van der Waals surface area contributed by atoms with Crippen molar-refractivity contribution in [1.82, 2.24) is 0 Å². The minimum Gasteiger partial charge on any atom is -0.388 e. The summed E-state index contributed by atoms with van der Waals surface area (Å²) in [5, 5.41) is 10.2. The lowest BCUT2D eigenvalue weighted by Gasteiger charge is -2.33. The number of hydrogen-bond acceptors (Lipinski definition) is 2. The molecular formula is C13H17F4NO. The van der Waals surface area contributed by atoms with Crippen molar-refractivity contribution in [3.05, 3.63) is 35.1 Å². The van der Waals surface area contributed by atoms with Crippen LogP contribution in [0.4, 0.5) is 17.6 Å². The van der Waals surface area contributed by atoms with E-state index in [0.717, 1.165) is 12.1 Å². The second-order valence-corrected chi connectivity index (χ2v) is 4.84. The number of rotatable bonds is 4.